The molecule has 35 heteroatoms. The van der Waals surface area contributed by atoms with Crippen molar-refractivity contribution in [3.63, 3.8) is 0 Å². The summed E-state index contributed by atoms with van der Waals surface area (Å²) in [7, 11) is -18.0. The normalized spacial score (nSPS) is 23.1. The van der Waals surface area contributed by atoms with E-state index in [0.717, 1.165) is 0 Å². The van der Waals surface area contributed by atoms with Crippen molar-refractivity contribution in [1.82, 2.24) is 0 Å². The summed E-state index contributed by atoms with van der Waals surface area (Å²) < 4.78 is 65.6. The average molecular weight is 800 g/mol. The van der Waals surface area contributed by atoms with Crippen LogP contribution < -0.4 is 30.1 Å². The van der Waals surface area contributed by atoms with Crippen molar-refractivity contribution in [3.8, 4) is 0 Å². The van der Waals surface area contributed by atoms with E-state index in [1.165, 1.54) is 0 Å². The van der Waals surface area contributed by atoms with Gasteiger partial charge in [0.05, 0.1) is 0 Å². The molecule has 2 radical (unpaired) electrons. The van der Waals surface area contributed by atoms with E-state index in [1.807, 2.05) is 0 Å². The minimum atomic E-state index is -1.73. The Hall–Kier alpha value is 2.43. The molecule has 186 valence electrons. The summed E-state index contributed by atoms with van der Waals surface area (Å²) in [6.07, 6.45) is 0. The van der Waals surface area contributed by atoms with Crippen molar-refractivity contribution in [2.45, 2.75) is 0 Å². The molecule has 6 rings (SSSR count). The number of hydrogen-bond donors (Lipinski definition) is 0. The Morgan fingerprint density at radius 3 is 0.457 bits per heavy atom. The van der Waals surface area contributed by atoms with Gasteiger partial charge in [0.2, 0.25) is 0 Å². The molecule has 0 aromatic rings. The second-order valence-corrected chi connectivity index (χ2v) is 5.51. The Bertz CT molecular complexity index is 439. The van der Waals surface area contributed by atoms with Crippen LogP contribution in [0.3, 0.4) is 0 Å². The molecular formula is B12Er2O21. The van der Waals surface area contributed by atoms with Gasteiger partial charge < -0.3 is 98.7 Å². The molecule has 0 saturated carbocycles. The van der Waals surface area contributed by atoms with E-state index < -0.39 is 87.9 Å². The molecule has 0 N–H and O–H groups in total. The molecule has 21 nitrogen and oxygen atoms in total. The summed E-state index contributed by atoms with van der Waals surface area (Å²) in [4.78, 5) is 0. The molecule has 0 spiro atoms. The van der Waals surface area contributed by atoms with Gasteiger partial charge in [-0.15, -0.1) is 0 Å². The van der Waals surface area contributed by atoms with Crippen LogP contribution >= 0.6 is 0 Å². The Morgan fingerprint density at radius 1 is 0.229 bits per heavy atom. The van der Waals surface area contributed by atoms with Gasteiger partial charge in [0.1, 0.15) is 0 Å². The molecule has 6 fully saturated rings. The third-order valence-electron chi connectivity index (χ3n) is 3.33. The van der Waals surface area contributed by atoms with Gasteiger partial charge in [0.25, 0.3) is 0 Å². The second kappa shape index (κ2) is 16.0. The molecular weight excluding hydrogens is 800 g/mol. The SMILES string of the molecule is [Er+3].[Er+3].[O-]B1OB2OB([O-])OB(O1)O2.[O-]B1OB2OB([O-])OB(O1)O2.[O-]B1OB2OB([O-])OB(O1)O2. The maximum atomic E-state index is 10.5. The molecule has 0 aromatic heterocycles. The fourth-order valence-corrected chi connectivity index (χ4v) is 2.13. The minimum absolute atomic E-state index is 0. The van der Waals surface area contributed by atoms with Gasteiger partial charge in [-0.05, 0) is 0 Å². The van der Waals surface area contributed by atoms with Crippen molar-refractivity contribution in [2.75, 3.05) is 0 Å². The van der Waals surface area contributed by atoms with Crippen LogP contribution in [0.15, 0.2) is 0 Å². The standard InChI is InChI=1S/3B4O7.2Er/c3*5-1-7-3-9-2(6)10-4(8-1)11-3;;/q3*-2;2*+3. The second-order valence-electron chi connectivity index (χ2n) is 5.51. The number of rotatable bonds is 0. The minimum Gasteiger partial charge on any atom is -0.833 e. The quantitative estimate of drug-likeness (QED) is 0.206. The van der Waals surface area contributed by atoms with Crippen molar-refractivity contribution in [1.29, 1.82) is 0 Å². The van der Waals surface area contributed by atoms with Gasteiger partial charge in [0, 0.05) is 0 Å². The van der Waals surface area contributed by atoms with Crippen molar-refractivity contribution in [2.24, 2.45) is 0 Å². The maximum absolute atomic E-state index is 10.5. The zero-order valence-electron chi connectivity index (χ0n) is 16.1. The predicted molar refractivity (Wildman–Crippen MR) is 85.3 cm³/mol. The first-order valence-electron chi connectivity index (χ1n) is 8.49. The molecule has 0 unspecified atom stereocenters. The summed E-state index contributed by atoms with van der Waals surface area (Å²) in [5, 5.41) is 62.9. The smallest absolute Gasteiger partial charge is 0.833 e. The van der Waals surface area contributed by atoms with Gasteiger partial charge in [-0.25, -0.2) is 0 Å². The topological polar surface area (TPSA) is 277 Å². The van der Waals surface area contributed by atoms with Crippen LogP contribution in [0.5, 0.6) is 0 Å². The van der Waals surface area contributed by atoms with E-state index in [4.69, 9.17) is 0 Å². The fraction of sp³-hybridized carbons (Fsp3) is 0. The Kier molecular flexibility index (Phi) is 15.4. The maximum Gasteiger partial charge on any atom is 3.00 e. The Balaban J connectivity index is 0.000000180. The first-order chi connectivity index (χ1) is 15.7. The molecule has 0 atom stereocenters. The summed E-state index contributed by atoms with van der Waals surface area (Å²) in [6, 6.07) is 0. The van der Waals surface area contributed by atoms with Gasteiger partial charge in [-0.2, -0.15) is 0 Å². The van der Waals surface area contributed by atoms with E-state index in [2.05, 4.69) is 68.6 Å². The van der Waals surface area contributed by atoms with Crippen LogP contribution in [0, 0.1) is 74.6 Å². The molecule has 0 aromatic carbocycles. The van der Waals surface area contributed by atoms with Gasteiger partial charge >= 0.3 is 162 Å². The van der Waals surface area contributed by atoms with Crippen LogP contribution in [-0.2, 0) is 68.6 Å². The van der Waals surface area contributed by atoms with Gasteiger partial charge in [-0.3, -0.25) is 0 Å². The number of fused-ring (bicyclic) bond motifs is 6. The van der Waals surface area contributed by atoms with Crippen LogP contribution in [0.4, 0.5) is 0 Å². The molecule has 0 amide bonds. The summed E-state index contributed by atoms with van der Waals surface area (Å²) in [5.41, 5.74) is 0. The van der Waals surface area contributed by atoms with Crippen LogP contribution in [0.2, 0.25) is 0 Å². The van der Waals surface area contributed by atoms with Crippen LogP contribution in [0.25, 0.3) is 0 Å². The van der Waals surface area contributed by atoms with Crippen LogP contribution in [-0.4, -0.2) is 87.9 Å². The summed E-state index contributed by atoms with van der Waals surface area (Å²) >= 11 is 0. The monoisotopic (exact) mass is 800 g/mol. The predicted octanol–water partition coefficient (Wildman–Crippen LogP) is -12.7. The molecule has 6 saturated heterocycles. The van der Waals surface area contributed by atoms with Gasteiger partial charge in [-0.1, -0.05) is 0 Å². The zero-order valence-corrected chi connectivity index (χ0v) is 19.8. The molecule has 0 aliphatic carbocycles. The first kappa shape index (κ1) is 33.6. The van der Waals surface area contributed by atoms with Crippen molar-refractivity contribution in [3.05, 3.63) is 0 Å². The van der Waals surface area contributed by atoms with Gasteiger partial charge in [0.15, 0.2) is 0 Å². The third-order valence-corrected chi connectivity index (χ3v) is 3.33. The summed E-state index contributed by atoms with van der Waals surface area (Å²) in [5.74, 6) is 0. The third kappa shape index (κ3) is 11.1. The molecule has 6 aliphatic rings. The largest absolute Gasteiger partial charge is 3.00 e. The van der Waals surface area contributed by atoms with E-state index in [1.54, 1.807) is 0 Å². The van der Waals surface area contributed by atoms with E-state index in [0.29, 0.717) is 0 Å². The van der Waals surface area contributed by atoms with E-state index >= 15 is 0 Å². The summed E-state index contributed by atoms with van der Waals surface area (Å²) in [6.45, 7) is 0. The zero-order chi connectivity index (χ0) is 23.5. The fourth-order valence-electron chi connectivity index (χ4n) is 2.13. The number of hydrogen-bond acceptors (Lipinski definition) is 21. The van der Waals surface area contributed by atoms with Crippen molar-refractivity contribution < 1.29 is 173 Å². The van der Waals surface area contributed by atoms with Crippen LogP contribution in [0.1, 0.15) is 0 Å². The Labute approximate surface area is 258 Å². The van der Waals surface area contributed by atoms with E-state index in [9.17, 15) is 30.1 Å². The Morgan fingerprint density at radius 2 is 0.343 bits per heavy atom. The molecule has 35 heavy (non-hydrogen) atoms. The molecule has 6 bridgehead atoms. The average Bonchev–Trinajstić information content (AvgIpc) is 2.65. The van der Waals surface area contributed by atoms with Crippen molar-refractivity contribution >= 4 is 87.9 Å². The molecule has 6 aliphatic heterocycles. The van der Waals surface area contributed by atoms with E-state index in [-0.39, 0.29) is 74.6 Å². The first-order valence-corrected chi connectivity index (χ1v) is 8.49. The molecule has 6 heterocycles.